The van der Waals surface area contributed by atoms with Crippen molar-refractivity contribution in [1.82, 2.24) is 0 Å². The van der Waals surface area contributed by atoms with Gasteiger partial charge in [0.1, 0.15) is 24.4 Å². The van der Waals surface area contributed by atoms with Gasteiger partial charge in [0.25, 0.3) is 0 Å². The molecule has 25 heavy (non-hydrogen) atoms. The minimum Gasteiger partial charge on any atom is -0.394 e. The largest absolute Gasteiger partial charge is 0.394 e. The fourth-order valence-corrected chi connectivity index (χ4v) is 2.56. The molecular formula is C18H34O7. The zero-order valence-corrected chi connectivity index (χ0v) is 15.1. The quantitative estimate of drug-likeness (QED) is 0.199. The highest BCUT2D eigenvalue weighted by molar-refractivity contribution is 6.38. The second kappa shape index (κ2) is 14.3. The molecule has 0 unspecified atom stereocenters. The smallest absolute Gasteiger partial charge is 0.229 e. The summed E-state index contributed by atoms with van der Waals surface area (Å²) in [4.78, 5) is 23.5. The van der Waals surface area contributed by atoms with Gasteiger partial charge in [-0.15, -0.1) is 0 Å². The lowest BCUT2D eigenvalue weighted by Crippen LogP contribution is -2.50. The Morgan fingerprint density at radius 3 is 1.72 bits per heavy atom. The maximum Gasteiger partial charge on any atom is 0.229 e. The fraction of sp³-hybridized carbons (Fsp3) is 0.889. The minimum absolute atomic E-state index is 0.0168. The predicted octanol–water partition coefficient (Wildman–Crippen LogP) is 0.481. The van der Waals surface area contributed by atoms with Crippen LogP contribution in [0.3, 0.4) is 0 Å². The highest BCUT2D eigenvalue weighted by Gasteiger charge is 2.36. The van der Waals surface area contributed by atoms with Gasteiger partial charge in [0.2, 0.25) is 11.6 Å². The fourth-order valence-electron chi connectivity index (χ4n) is 2.56. The Balaban J connectivity index is 3.96. The number of ketones is 2. The molecule has 7 nitrogen and oxygen atoms in total. The van der Waals surface area contributed by atoms with Crippen LogP contribution in [0.15, 0.2) is 0 Å². The highest BCUT2D eigenvalue weighted by Crippen LogP contribution is 2.12. The summed E-state index contributed by atoms with van der Waals surface area (Å²) < 4.78 is 0. The highest BCUT2D eigenvalue weighted by atomic mass is 16.4. The molecule has 0 amide bonds. The molecule has 0 radical (unpaired) electrons. The molecule has 7 heteroatoms. The van der Waals surface area contributed by atoms with Crippen LogP contribution in [0, 0.1) is 0 Å². The number of aliphatic hydroxyl groups is 5. The van der Waals surface area contributed by atoms with Crippen LogP contribution in [0.25, 0.3) is 0 Å². The molecule has 0 aromatic heterocycles. The van der Waals surface area contributed by atoms with E-state index in [9.17, 15) is 30.0 Å². The second-order valence-corrected chi connectivity index (χ2v) is 6.54. The number of rotatable bonds is 16. The average Bonchev–Trinajstić information content (AvgIpc) is 2.63. The van der Waals surface area contributed by atoms with Crippen molar-refractivity contribution in [3.05, 3.63) is 0 Å². The summed E-state index contributed by atoms with van der Waals surface area (Å²) in [7, 11) is 0. The first-order valence-electron chi connectivity index (χ1n) is 9.26. The molecule has 4 atom stereocenters. The van der Waals surface area contributed by atoms with Crippen molar-refractivity contribution in [3.63, 3.8) is 0 Å². The van der Waals surface area contributed by atoms with Gasteiger partial charge in [-0.2, -0.15) is 0 Å². The topological polar surface area (TPSA) is 135 Å². The number of unbranched alkanes of at least 4 members (excludes halogenated alkanes) is 8. The van der Waals surface area contributed by atoms with Crippen LogP contribution in [0.2, 0.25) is 0 Å². The third kappa shape index (κ3) is 10.0. The summed E-state index contributed by atoms with van der Waals surface area (Å²) in [6.45, 7) is 1.33. The van der Waals surface area contributed by atoms with Crippen LogP contribution >= 0.6 is 0 Å². The third-order valence-corrected chi connectivity index (χ3v) is 4.31. The Kier molecular flexibility index (Phi) is 13.8. The molecule has 0 aliphatic rings. The Bertz CT molecular complexity index is 372. The van der Waals surface area contributed by atoms with E-state index in [-0.39, 0.29) is 6.42 Å². The van der Waals surface area contributed by atoms with E-state index in [1.165, 1.54) is 32.1 Å². The number of Topliss-reactive ketones (excluding diaryl/α,β-unsaturated/α-hetero) is 2. The molecule has 0 aromatic carbocycles. The van der Waals surface area contributed by atoms with E-state index in [1.807, 2.05) is 0 Å². The molecule has 0 rings (SSSR count). The lowest BCUT2D eigenvalue weighted by molar-refractivity contribution is -0.154. The molecule has 148 valence electrons. The van der Waals surface area contributed by atoms with Crippen molar-refractivity contribution >= 4 is 11.6 Å². The van der Waals surface area contributed by atoms with Crippen molar-refractivity contribution in [3.8, 4) is 0 Å². The zero-order chi connectivity index (χ0) is 19.2. The van der Waals surface area contributed by atoms with Gasteiger partial charge in [-0.1, -0.05) is 58.3 Å². The summed E-state index contributed by atoms with van der Waals surface area (Å²) in [5, 5.41) is 46.6. The molecule has 0 aromatic rings. The Morgan fingerprint density at radius 1 is 0.760 bits per heavy atom. The molecule has 5 N–H and O–H groups in total. The third-order valence-electron chi connectivity index (χ3n) is 4.31. The Hall–Kier alpha value is -0.860. The molecule has 0 heterocycles. The molecule has 0 fully saturated rings. The van der Waals surface area contributed by atoms with Crippen LogP contribution in [0.4, 0.5) is 0 Å². The van der Waals surface area contributed by atoms with Gasteiger partial charge in [-0.05, 0) is 6.42 Å². The van der Waals surface area contributed by atoms with Crippen LogP contribution in [-0.4, -0.2) is 68.1 Å². The SMILES string of the molecule is CCCCCCCCCCCC(=O)C(=O)[C@H](O)[C@@H](O)[C@H](O)[C@H](O)CO. The number of carbonyl (C=O) groups excluding carboxylic acids is 2. The van der Waals surface area contributed by atoms with Crippen LogP contribution in [0.5, 0.6) is 0 Å². The summed E-state index contributed by atoms with van der Waals surface area (Å²) in [6, 6.07) is 0. The first-order valence-corrected chi connectivity index (χ1v) is 9.26. The van der Waals surface area contributed by atoms with Crippen molar-refractivity contribution in [2.24, 2.45) is 0 Å². The van der Waals surface area contributed by atoms with E-state index in [0.29, 0.717) is 6.42 Å². The maximum absolute atomic E-state index is 11.8. The normalized spacial score (nSPS) is 16.2. The van der Waals surface area contributed by atoms with Gasteiger partial charge in [-0.3, -0.25) is 9.59 Å². The average molecular weight is 362 g/mol. The van der Waals surface area contributed by atoms with E-state index in [0.717, 1.165) is 19.3 Å². The number of carbonyl (C=O) groups is 2. The molecule has 0 spiro atoms. The van der Waals surface area contributed by atoms with Crippen LogP contribution < -0.4 is 0 Å². The minimum atomic E-state index is -2.11. The van der Waals surface area contributed by atoms with Crippen LogP contribution in [-0.2, 0) is 9.59 Å². The van der Waals surface area contributed by atoms with Gasteiger partial charge < -0.3 is 25.5 Å². The van der Waals surface area contributed by atoms with Gasteiger partial charge in [0, 0.05) is 6.42 Å². The van der Waals surface area contributed by atoms with E-state index >= 15 is 0 Å². The summed E-state index contributed by atoms with van der Waals surface area (Å²) in [5.74, 6) is -1.99. The standard InChI is InChI=1S/C18H34O7/c1-2-3-4-5-6-7-8-9-10-11-13(20)15(22)17(24)18(25)16(23)14(21)12-19/h14,16-19,21,23-25H,2-12H2,1H3/t14-,16-,17+,18+/m1/s1. The van der Waals surface area contributed by atoms with Gasteiger partial charge in [-0.25, -0.2) is 0 Å². The first-order chi connectivity index (χ1) is 11.9. The van der Waals surface area contributed by atoms with E-state index in [4.69, 9.17) is 5.11 Å². The molecule has 0 aliphatic carbocycles. The summed E-state index contributed by atoms with van der Waals surface area (Å²) >= 11 is 0. The molecule has 0 saturated carbocycles. The molecule has 0 bridgehead atoms. The zero-order valence-electron chi connectivity index (χ0n) is 15.1. The Morgan fingerprint density at radius 2 is 1.24 bits per heavy atom. The maximum atomic E-state index is 11.8. The van der Waals surface area contributed by atoms with E-state index in [2.05, 4.69) is 6.92 Å². The first kappa shape index (κ1) is 24.1. The molecule has 0 aliphatic heterocycles. The Labute approximate surface area is 149 Å². The second-order valence-electron chi connectivity index (χ2n) is 6.54. The van der Waals surface area contributed by atoms with E-state index < -0.39 is 42.6 Å². The lowest BCUT2D eigenvalue weighted by atomic mass is 9.96. The lowest BCUT2D eigenvalue weighted by Gasteiger charge is -2.24. The number of hydrogen-bond donors (Lipinski definition) is 5. The van der Waals surface area contributed by atoms with Gasteiger partial charge in [0.05, 0.1) is 6.61 Å². The van der Waals surface area contributed by atoms with E-state index in [1.54, 1.807) is 0 Å². The summed E-state index contributed by atoms with van der Waals surface area (Å²) in [6.07, 6.45) is 1.78. The monoisotopic (exact) mass is 362 g/mol. The van der Waals surface area contributed by atoms with Crippen molar-refractivity contribution < 1.29 is 35.1 Å². The van der Waals surface area contributed by atoms with Crippen LogP contribution in [0.1, 0.15) is 71.1 Å². The summed E-state index contributed by atoms with van der Waals surface area (Å²) in [5.41, 5.74) is 0. The molecule has 0 saturated heterocycles. The van der Waals surface area contributed by atoms with Crippen molar-refractivity contribution in [1.29, 1.82) is 0 Å². The van der Waals surface area contributed by atoms with Gasteiger partial charge >= 0.3 is 0 Å². The molecular weight excluding hydrogens is 328 g/mol. The predicted molar refractivity (Wildman–Crippen MR) is 93.0 cm³/mol. The van der Waals surface area contributed by atoms with Crippen molar-refractivity contribution in [2.75, 3.05) is 6.61 Å². The number of aliphatic hydroxyl groups excluding tert-OH is 5. The number of hydrogen-bond acceptors (Lipinski definition) is 7. The van der Waals surface area contributed by atoms with Gasteiger partial charge in [0.15, 0.2) is 0 Å². The van der Waals surface area contributed by atoms with Crippen molar-refractivity contribution in [2.45, 2.75) is 95.5 Å².